The van der Waals surface area contributed by atoms with Gasteiger partial charge in [0, 0.05) is 36.7 Å². The van der Waals surface area contributed by atoms with Crippen LogP contribution in [-0.2, 0) is 14.8 Å². The zero-order chi connectivity index (χ0) is 23.3. The number of benzene rings is 2. The first-order valence-electron chi connectivity index (χ1n) is 12.1. The molecule has 3 fully saturated rings. The molecule has 6 rings (SSSR count). The molecule has 0 atom stereocenters. The van der Waals surface area contributed by atoms with Crippen molar-refractivity contribution in [2.75, 3.05) is 47.8 Å². The standard InChI is InChI=1S/C26H28N4O3S/c27-18-24-23-10-9-22(28-12-14-33-15-13-28)17-25(23)30(21-3-1-4-21)26(24)19-5-7-20(8-6-19)29-11-2-16-34(29,31)32/h5-10,17,21H,1-4,11-16H2. The van der Waals surface area contributed by atoms with Gasteiger partial charge in [0.25, 0.3) is 0 Å². The van der Waals surface area contributed by atoms with Gasteiger partial charge >= 0.3 is 0 Å². The van der Waals surface area contributed by atoms with E-state index < -0.39 is 10.0 Å². The molecule has 0 unspecified atom stereocenters. The van der Waals surface area contributed by atoms with Gasteiger partial charge in [0.05, 0.1) is 41.4 Å². The van der Waals surface area contributed by atoms with Crippen LogP contribution in [0.25, 0.3) is 22.2 Å². The third kappa shape index (κ3) is 3.46. The topological polar surface area (TPSA) is 78.6 Å². The summed E-state index contributed by atoms with van der Waals surface area (Å²) in [5.41, 5.74) is 5.55. The number of ether oxygens (including phenoxy) is 1. The number of nitrogens with zero attached hydrogens (tertiary/aromatic N) is 4. The van der Waals surface area contributed by atoms with Gasteiger partial charge < -0.3 is 14.2 Å². The molecule has 7 nitrogen and oxygen atoms in total. The van der Waals surface area contributed by atoms with E-state index in [9.17, 15) is 13.7 Å². The minimum Gasteiger partial charge on any atom is -0.378 e. The Kier molecular flexibility index (Phi) is 5.27. The van der Waals surface area contributed by atoms with E-state index in [4.69, 9.17) is 4.74 Å². The maximum atomic E-state index is 12.4. The van der Waals surface area contributed by atoms with Gasteiger partial charge in [-0.3, -0.25) is 4.31 Å². The summed E-state index contributed by atoms with van der Waals surface area (Å²) in [6.45, 7) is 3.73. The molecule has 0 bridgehead atoms. The second-order valence-corrected chi connectivity index (χ2v) is 11.4. The van der Waals surface area contributed by atoms with Gasteiger partial charge in [0.15, 0.2) is 0 Å². The molecular formula is C26H28N4O3S. The molecule has 1 aromatic heterocycles. The summed E-state index contributed by atoms with van der Waals surface area (Å²) in [7, 11) is -3.22. The first-order valence-corrected chi connectivity index (χ1v) is 13.7. The highest BCUT2D eigenvalue weighted by Crippen LogP contribution is 2.43. The third-order valence-corrected chi connectivity index (χ3v) is 9.31. The van der Waals surface area contributed by atoms with Crippen LogP contribution in [0.2, 0.25) is 0 Å². The van der Waals surface area contributed by atoms with Crippen LogP contribution in [0.15, 0.2) is 42.5 Å². The van der Waals surface area contributed by atoms with Gasteiger partial charge in [0.1, 0.15) is 6.07 Å². The van der Waals surface area contributed by atoms with E-state index in [0.29, 0.717) is 30.3 Å². The van der Waals surface area contributed by atoms with E-state index >= 15 is 0 Å². The van der Waals surface area contributed by atoms with Crippen LogP contribution in [0.1, 0.15) is 37.3 Å². The Morgan fingerprint density at radius 2 is 1.68 bits per heavy atom. The third-order valence-electron chi connectivity index (χ3n) is 7.44. The van der Waals surface area contributed by atoms with Crippen LogP contribution >= 0.6 is 0 Å². The summed E-state index contributed by atoms with van der Waals surface area (Å²) in [6, 6.07) is 17.0. The fourth-order valence-electron chi connectivity index (χ4n) is 5.45. The minimum absolute atomic E-state index is 0.203. The van der Waals surface area contributed by atoms with Gasteiger partial charge in [-0.15, -0.1) is 0 Å². The van der Waals surface area contributed by atoms with Crippen LogP contribution in [0, 0.1) is 11.3 Å². The molecular weight excluding hydrogens is 448 g/mol. The van der Waals surface area contributed by atoms with Crippen molar-refractivity contribution in [3.8, 4) is 17.3 Å². The summed E-state index contributed by atoms with van der Waals surface area (Å²) in [5.74, 6) is 0.203. The van der Waals surface area contributed by atoms with Gasteiger partial charge in [-0.1, -0.05) is 12.1 Å². The van der Waals surface area contributed by atoms with Crippen LogP contribution < -0.4 is 9.21 Å². The minimum atomic E-state index is -3.22. The quantitative estimate of drug-likeness (QED) is 0.562. The Morgan fingerprint density at radius 3 is 2.29 bits per heavy atom. The van der Waals surface area contributed by atoms with E-state index in [1.807, 2.05) is 24.3 Å². The van der Waals surface area contributed by atoms with E-state index in [0.717, 1.165) is 61.3 Å². The molecule has 0 radical (unpaired) electrons. The molecule has 0 amide bonds. The summed E-state index contributed by atoms with van der Waals surface area (Å²) in [6.07, 6.45) is 4.06. The zero-order valence-corrected chi connectivity index (χ0v) is 19.9. The van der Waals surface area contributed by atoms with Gasteiger partial charge in [-0.05, 0) is 61.6 Å². The Labute approximate surface area is 200 Å². The predicted molar refractivity (Wildman–Crippen MR) is 134 cm³/mol. The number of nitriles is 1. The van der Waals surface area contributed by atoms with Gasteiger partial charge in [0.2, 0.25) is 10.0 Å². The van der Waals surface area contributed by atoms with Crippen molar-refractivity contribution in [2.24, 2.45) is 0 Å². The van der Waals surface area contributed by atoms with Crippen LogP contribution in [-0.4, -0.2) is 51.6 Å². The highest BCUT2D eigenvalue weighted by Gasteiger charge is 2.30. The molecule has 3 heterocycles. The highest BCUT2D eigenvalue weighted by molar-refractivity contribution is 7.93. The molecule has 3 aromatic rings. The molecule has 8 heteroatoms. The molecule has 3 aliphatic rings. The lowest BCUT2D eigenvalue weighted by atomic mass is 9.92. The molecule has 2 saturated heterocycles. The van der Waals surface area contributed by atoms with Crippen molar-refractivity contribution in [3.05, 3.63) is 48.0 Å². The first kappa shape index (κ1) is 21.5. The lowest BCUT2D eigenvalue weighted by molar-refractivity contribution is 0.122. The first-order chi connectivity index (χ1) is 16.6. The molecule has 2 aliphatic heterocycles. The lowest BCUT2D eigenvalue weighted by Crippen LogP contribution is -2.36. The molecule has 1 aliphatic carbocycles. The average molecular weight is 477 g/mol. The maximum absolute atomic E-state index is 12.4. The van der Waals surface area contributed by atoms with E-state index in [-0.39, 0.29) is 5.75 Å². The molecule has 176 valence electrons. The summed E-state index contributed by atoms with van der Waals surface area (Å²) < 4.78 is 34.1. The molecule has 0 spiro atoms. The van der Waals surface area contributed by atoms with E-state index in [1.54, 1.807) is 0 Å². The van der Waals surface area contributed by atoms with Crippen molar-refractivity contribution < 1.29 is 13.2 Å². The Hall–Kier alpha value is -3.02. The Morgan fingerprint density at radius 1 is 0.941 bits per heavy atom. The molecule has 34 heavy (non-hydrogen) atoms. The number of aromatic nitrogens is 1. The number of morpholine rings is 1. The summed E-state index contributed by atoms with van der Waals surface area (Å²) in [5, 5.41) is 11.2. The van der Waals surface area contributed by atoms with Gasteiger partial charge in [-0.2, -0.15) is 5.26 Å². The normalized spacial score (nSPS) is 20.4. The van der Waals surface area contributed by atoms with Crippen molar-refractivity contribution in [2.45, 2.75) is 31.7 Å². The number of fused-ring (bicyclic) bond motifs is 1. The van der Waals surface area contributed by atoms with Crippen molar-refractivity contribution >= 4 is 32.3 Å². The average Bonchev–Trinajstić information content (AvgIpc) is 3.35. The lowest BCUT2D eigenvalue weighted by Gasteiger charge is -2.31. The fourth-order valence-corrected chi connectivity index (χ4v) is 7.02. The van der Waals surface area contributed by atoms with Crippen LogP contribution in [0.4, 0.5) is 11.4 Å². The monoisotopic (exact) mass is 476 g/mol. The van der Waals surface area contributed by atoms with Crippen LogP contribution in [0.3, 0.4) is 0 Å². The van der Waals surface area contributed by atoms with Crippen molar-refractivity contribution in [1.82, 2.24) is 4.57 Å². The SMILES string of the molecule is N#Cc1c(-c2ccc(N3CCCS3(=O)=O)cc2)n(C2CCC2)c2cc(N3CCOCC3)ccc12. The Balaban J connectivity index is 1.48. The van der Waals surface area contributed by atoms with Crippen LogP contribution in [0.5, 0.6) is 0 Å². The summed E-state index contributed by atoms with van der Waals surface area (Å²) in [4.78, 5) is 2.35. The largest absolute Gasteiger partial charge is 0.378 e. The molecule has 0 N–H and O–H groups in total. The smallest absolute Gasteiger partial charge is 0.235 e. The van der Waals surface area contributed by atoms with Crippen molar-refractivity contribution in [3.63, 3.8) is 0 Å². The maximum Gasteiger partial charge on any atom is 0.235 e. The van der Waals surface area contributed by atoms with Crippen molar-refractivity contribution in [1.29, 1.82) is 5.26 Å². The second kappa shape index (κ2) is 8.33. The summed E-state index contributed by atoms with van der Waals surface area (Å²) >= 11 is 0. The number of hydrogen-bond donors (Lipinski definition) is 0. The van der Waals surface area contributed by atoms with Gasteiger partial charge in [-0.25, -0.2) is 8.42 Å². The highest BCUT2D eigenvalue weighted by atomic mass is 32.2. The second-order valence-electron chi connectivity index (χ2n) is 9.38. The number of hydrogen-bond acceptors (Lipinski definition) is 5. The van der Waals surface area contributed by atoms with E-state index in [2.05, 4.69) is 33.7 Å². The number of sulfonamides is 1. The number of rotatable bonds is 4. The predicted octanol–water partition coefficient (Wildman–Crippen LogP) is 4.28. The Bertz CT molecular complexity index is 1380. The molecule has 1 saturated carbocycles. The van der Waals surface area contributed by atoms with E-state index in [1.165, 1.54) is 16.4 Å². The fraction of sp³-hybridized carbons (Fsp3) is 0.423. The zero-order valence-electron chi connectivity index (χ0n) is 19.1. The molecule has 2 aromatic carbocycles. The number of anilines is 2.